The SMILES string of the molecule is Cc1cc(NC(=O)/C=C(/c2ccccc2)C(F)(F)F)n(C2CCS(=O)(=O)C2)n1. The van der Waals surface area contributed by atoms with Crippen LogP contribution in [0.2, 0.25) is 0 Å². The topological polar surface area (TPSA) is 81.1 Å². The van der Waals surface area contributed by atoms with Crippen LogP contribution < -0.4 is 5.32 Å². The smallest absolute Gasteiger partial charge is 0.307 e. The van der Waals surface area contributed by atoms with Crippen molar-refractivity contribution in [1.82, 2.24) is 9.78 Å². The van der Waals surface area contributed by atoms with Crippen molar-refractivity contribution in [2.24, 2.45) is 0 Å². The van der Waals surface area contributed by atoms with Crippen molar-refractivity contribution in [3.05, 3.63) is 53.7 Å². The molecule has 1 N–H and O–H groups in total. The summed E-state index contributed by atoms with van der Waals surface area (Å²) in [6, 6.07) is 8.04. The molecule has 2 heterocycles. The first-order chi connectivity index (χ1) is 13.0. The van der Waals surface area contributed by atoms with Crippen molar-refractivity contribution in [2.75, 3.05) is 16.8 Å². The van der Waals surface area contributed by atoms with Gasteiger partial charge < -0.3 is 5.32 Å². The fourth-order valence-corrected chi connectivity index (χ4v) is 4.79. The number of aryl methyl sites for hydroxylation is 1. The van der Waals surface area contributed by atoms with Gasteiger partial charge in [-0.3, -0.25) is 4.79 Å². The number of alkyl halides is 3. The van der Waals surface area contributed by atoms with Crippen molar-refractivity contribution in [2.45, 2.75) is 25.6 Å². The number of hydrogen-bond acceptors (Lipinski definition) is 4. The predicted octanol–water partition coefficient (Wildman–Crippen LogP) is 3.14. The molecule has 28 heavy (non-hydrogen) atoms. The Morgan fingerprint density at radius 2 is 1.96 bits per heavy atom. The Morgan fingerprint density at radius 1 is 1.29 bits per heavy atom. The molecule has 6 nitrogen and oxygen atoms in total. The predicted molar refractivity (Wildman–Crippen MR) is 98.4 cm³/mol. The highest BCUT2D eigenvalue weighted by molar-refractivity contribution is 7.91. The molecule has 150 valence electrons. The molecule has 1 aromatic heterocycles. The number of halogens is 3. The van der Waals surface area contributed by atoms with E-state index in [2.05, 4.69) is 10.4 Å². The molecule has 1 aliphatic rings. The van der Waals surface area contributed by atoms with Gasteiger partial charge in [0.2, 0.25) is 5.91 Å². The molecule has 1 aromatic carbocycles. The third-order valence-electron chi connectivity index (χ3n) is 4.33. The maximum Gasteiger partial charge on any atom is 0.417 e. The summed E-state index contributed by atoms with van der Waals surface area (Å²) in [5.74, 6) is -0.922. The Kier molecular flexibility index (Phi) is 5.33. The van der Waals surface area contributed by atoms with Crippen molar-refractivity contribution >= 4 is 27.1 Å². The van der Waals surface area contributed by atoms with E-state index < -0.39 is 33.5 Å². The third kappa shape index (κ3) is 4.61. The number of nitrogens with zero attached hydrogens (tertiary/aromatic N) is 2. The average molecular weight is 413 g/mol. The maximum atomic E-state index is 13.4. The van der Waals surface area contributed by atoms with Gasteiger partial charge in [-0.15, -0.1) is 0 Å². The molecule has 1 saturated heterocycles. The molecule has 0 saturated carbocycles. The molecule has 0 bridgehead atoms. The number of benzene rings is 1. The van der Waals surface area contributed by atoms with Crippen LogP contribution in [0.3, 0.4) is 0 Å². The first-order valence-corrected chi connectivity index (χ1v) is 10.3. The van der Waals surface area contributed by atoms with Crippen molar-refractivity contribution < 1.29 is 26.4 Å². The fourth-order valence-electron chi connectivity index (χ4n) is 3.10. The van der Waals surface area contributed by atoms with Gasteiger partial charge in [0.1, 0.15) is 5.82 Å². The number of amides is 1. The Hall–Kier alpha value is -2.62. The van der Waals surface area contributed by atoms with Gasteiger partial charge in [-0.2, -0.15) is 18.3 Å². The van der Waals surface area contributed by atoms with Crippen LogP contribution >= 0.6 is 0 Å². The molecule has 1 aliphatic heterocycles. The second-order valence-corrected chi connectivity index (χ2v) is 8.81. The number of allylic oxidation sites excluding steroid dienone is 1. The highest BCUT2D eigenvalue weighted by Gasteiger charge is 2.35. The minimum atomic E-state index is -4.71. The summed E-state index contributed by atoms with van der Waals surface area (Å²) in [5, 5.41) is 6.59. The number of anilines is 1. The number of sulfone groups is 1. The molecule has 1 atom stereocenters. The minimum absolute atomic E-state index is 0.0100. The zero-order chi connectivity index (χ0) is 20.5. The number of carbonyl (C=O) groups excluding carboxylic acids is 1. The number of aromatic nitrogens is 2. The number of nitrogens with one attached hydrogen (secondary N) is 1. The van der Waals surface area contributed by atoms with Crippen LogP contribution in [0.1, 0.15) is 23.7 Å². The molecule has 0 spiro atoms. The first-order valence-electron chi connectivity index (χ1n) is 8.47. The molecule has 1 unspecified atom stereocenters. The Bertz CT molecular complexity index is 1010. The van der Waals surface area contributed by atoms with Crippen LogP contribution in [0.5, 0.6) is 0 Å². The summed E-state index contributed by atoms with van der Waals surface area (Å²) in [7, 11) is -3.19. The van der Waals surface area contributed by atoms with E-state index in [0.717, 1.165) is 0 Å². The van der Waals surface area contributed by atoms with Gasteiger partial charge >= 0.3 is 6.18 Å². The highest BCUT2D eigenvalue weighted by atomic mass is 32.2. The van der Waals surface area contributed by atoms with Crippen molar-refractivity contribution in [3.63, 3.8) is 0 Å². The van der Waals surface area contributed by atoms with E-state index >= 15 is 0 Å². The summed E-state index contributed by atoms with van der Waals surface area (Å²) in [6.45, 7) is 1.65. The Labute approximate surface area is 160 Å². The van der Waals surface area contributed by atoms with Crippen LogP contribution in [0, 0.1) is 6.92 Å². The fraction of sp³-hybridized carbons (Fsp3) is 0.333. The quantitative estimate of drug-likeness (QED) is 0.781. The standard InChI is InChI=1S/C18H18F3N3O3S/c1-12-9-16(24(23-12)14-7-8-28(26,27)11-14)22-17(25)10-15(18(19,20)21)13-5-3-2-4-6-13/h2-6,9-10,14H,7-8,11H2,1H3,(H,22,25)/b15-10-. The first kappa shape index (κ1) is 20.1. The summed E-state index contributed by atoms with van der Waals surface area (Å²) in [5.41, 5.74) is -0.684. The molecule has 1 amide bonds. The maximum absolute atomic E-state index is 13.4. The largest absolute Gasteiger partial charge is 0.417 e. The van der Waals surface area contributed by atoms with Gasteiger partial charge in [-0.1, -0.05) is 30.3 Å². The average Bonchev–Trinajstić information content (AvgIpc) is 3.14. The lowest BCUT2D eigenvalue weighted by Crippen LogP contribution is -2.20. The van der Waals surface area contributed by atoms with Crippen LogP contribution in [0.25, 0.3) is 5.57 Å². The zero-order valence-electron chi connectivity index (χ0n) is 14.9. The van der Waals surface area contributed by atoms with E-state index in [1.54, 1.807) is 13.0 Å². The van der Waals surface area contributed by atoms with Gasteiger partial charge in [0, 0.05) is 12.1 Å². The minimum Gasteiger partial charge on any atom is -0.307 e. The molecule has 1 fully saturated rings. The Balaban J connectivity index is 1.88. The summed E-state index contributed by atoms with van der Waals surface area (Å²) in [6.07, 6.45) is -3.89. The highest BCUT2D eigenvalue weighted by Crippen LogP contribution is 2.34. The van der Waals surface area contributed by atoms with Crippen molar-refractivity contribution in [3.8, 4) is 0 Å². The zero-order valence-corrected chi connectivity index (χ0v) is 15.7. The lowest BCUT2D eigenvalue weighted by Gasteiger charge is -2.14. The summed E-state index contributed by atoms with van der Waals surface area (Å²) < 4.78 is 64.9. The van der Waals surface area contributed by atoms with Crippen LogP contribution in [0.15, 0.2) is 42.5 Å². The van der Waals surface area contributed by atoms with Crippen molar-refractivity contribution in [1.29, 1.82) is 0 Å². The van der Waals surface area contributed by atoms with Gasteiger partial charge in [-0.25, -0.2) is 13.1 Å². The van der Waals surface area contributed by atoms with E-state index in [1.165, 1.54) is 35.0 Å². The molecule has 0 radical (unpaired) electrons. The van der Waals surface area contributed by atoms with Gasteiger partial charge in [0.15, 0.2) is 9.84 Å². The number of rotatable bonds is 4. The second kappa shape index (κ2) is 7.42. The third-order valence-corrected chi connectivity index (χ3v) is 6.08. The van der Waals surface area contributed by atoms with Gasteiger partial charge in [0.25, 0.3) is 0 Å². The second-order valence-electron chi connectivity index (χ2n) is 6.58. The summed E-state index contributed by atoms with van der Waals surface area (Å²) >= 11 is 0. The lowest BCUT2D eigenvalue weighted by atomic mass is 10.1. The van der Waals surface area contributed by atoms with Crippen LogP contribution in [0.4, 0.5) is 19.0 Å². The molecule has 3 rings (SSSR count). The van der Waals surface area contributed by atoms with E-state index in [4.69, 9.17) is 0 Å². The van der Waals surface area contributed by atoms with E-state index in [1.807, 2.05) is 0 Å². The van der Waals surface area contributed by atoms with Crippen LogP contribution in [-0.2, 0) is 14.6 Å². The van der Waals surface area contributed by atoms with Crippen LogP contribution in [-0.4, -0.2) is 41.8 Å². The number of carbonyl (C=O) groups is 1. The van der Waals surface area contributed by atoms with E-state index in [9.17, 15) is 26.4 Å². The van der Waals surface area contributed by atoms with Gasteiger partial charge in [-0.05, 0) is 18.9 Å². The molecule has 2 aromatic rings. The molecule has 10 heteroatoms. The van der Waals surface area contributed by atoms with Gasteiger partial charge in [0.05, 0.1) is 28.8 Å². The lowest BCUT2D eigenvalue weighted by molar-refractivity contribution is -0.112. The monoisotopic (exact) mass is 413 g/mol. The normalized spacial score (nSPS) is 19.6. The molecular formula is C18H18F3N3O3S. The molecular weight excluding hydrogens is 395 g/mol. The number of hydrogen-bond donors (Lipinski definition) is 1. The molecule has 0 aliphatic carbocycles. The Morgan fingerprint density at radius 3 is 2.54 bits per heavy atom. The van der Waals surface area contributed by atoms with E-state index in [0.29, 0.717) is 18.2 Å². The van der Waals surface area contributed by atoms with E-state index in [-0.39, 0.29) is 22.9 Å². The summed E-state index contributed by atoms with van der Waals surface area (Å²) in [4.78, 5) is 12.3.